The van der Waals surface area contributed by atoms with Gasteiger partial charge in [0.2, 0.25) is 5.95 Å². The summed E-state index contributed by atoms with van der Waals surface area (Å²) in [5, 5.41) is 17.7. The van der Waals surface area contributed by atoms with Gasteiger partial charge in [-0.25, -0.2) is 4.98 Å². The van der Waals surface area contributed by atoms with Gasteiger partial charge >= 0.3 is 0 Å². The summed E-state index contributed by atoms with van der Waals surface area (Å²) in [4.78, 5) is 4.99. The van der Waals surface area contributed by atoms with E-state index in [0.29, 0.717) is 37.2 Å². The molecule has 0 bridgehead atoms. The van der Waals surface area contributed by atoms with Crippen LogP contribution < -0.4 is 0 Å². The van der Waals surface area contributed by atoms with E-state index < -0.39 is 5.95 Å². The molecular formula is C19H9Cl2FN4S. The zero-order chi connectivity index (χ0) is 19.0. The lowest BCUT2D eigenvalue weighted by Crippen LogP contribution is -1.87. The SMILES string of the molecule is N#Cc1c(-c2ccnc(F)c2)sc(-c2ccn[nH]2)c1-c1ccc(Cl)cc1Cl. The van der Waals surface area contributed by atoms with Crippen molar-refractivity contribution in [2.45, 2.75) is 0 Å². The van der Waals surface area contributed by atoms with Crippen LogP contribution in [0, 0.1) is 17.3 Å². The molecule has 0 saturated carbocycles. The third kappa shape index (κ3) is 3.21. The molecule has 0 fully saturated rings. The van der Waals surface area contributed by atoms with Crippen LogP contribution in [0.1, 0.15) is 5.56 Å². The third-order valence-electron chi connectivity index (χ3n) is 3.95. The second kappa shape index (κ2) is 7.12. The average Bonchev–Trinajstić information content (AvgIpc) is 3.29. The van der Waals surface area contributed by atoms with E-state index in [-0.39, 0.29) is 0 Å². The van der Waals surface area contributed by atoms with Crippen molar-refractivity contribution in [2.75, 3.05) is 0 Å². The average molecular weight is 415 g/mol. The molecule has 0 aliphatic rings. The van der Waals surface area contributed by atoms with Gasteiger partial charge in [0.1, 0.15) is 6.07 Å². The van der Waals surface area contributed by atoms with E-state index in [1.807, 2.05) is 0 Å². The molecule has 0 aliphatic heterocycles. The van der Waals surface area contributed by atoms with Crippen LogP contribution in [0.3, 0.4) is 0 Å². The molecule has 0 aliphatic carbocycles. The monoisotopic (exact) mass is 414 g/mol. The minimum atomic E-state index is -0.612. The first-order valence-electron chi connectivity index (χ1n) is 7.72. The fourth-order valence-electron chi connectivity index (χ4n) is 2.81. The summed E-state index contributed by atoms with van der Waals surface area (Å²) in [5.41, 5.74) is 3.03. The van der Waals surface area contributed by atoms with Crippen molar-refractivity contribution in [3.05, 3.63) is 70.3 Å². The number of rotatable bonds is 3. The minimum absolute atomic E-state index is 0.402. The molecule has 0 atom stereocenters. The second-order valence-electron chi connectivity index (χ2n) is 5.58. The molecule has 3 aromatic heterocycles. The largest absolute Gasteiger partial charge is 0.277 e. The summed E-state index contributed by atoms with van der Waals surface area (Å²) in [6, 6.07) is 12.1. The highest BCUT2D eigenvalue weighted by molar-refractivity contribution is 7.19. The summed E-state index contributed by atoms with van der Waals surface area (Å²) in [6.07, 6.45) is 3.00. The quantitative estimate of drug-likeness (QED) is 0.406. The van der Waals surface area contributed by atoms with Gasteiger partial charge in [-0.2, -0.15) is 14.8 Å². The van der Waals surface area contributed by atoms with Crippen molar-refractivity contribution in [1.29, 1.82) is 5.26 Å². The number of hydrogen-bond donors (Lipinski definition) is 1. The molecule has 0 spiro atoms. The van der Waals surface area contributed by atoms with Gasteiger partial charge in [0.15, 0.2) is 0 Å². The number of hydrogen-bond acceptors (Lipinski definition) is 4. The molecule has 4 rings (SSSR count). The van der Waals surface area contributed by atoms with E-state index in [2.05, 4.69) is 21.3 Å². The number of nitriles is 1. The molecule has 4 aromatic rings. The Morgan fingerprint density at radius 1 is 1.07 bits per heavy atom. The predicted octanol–water partition coefficient (Wildman–Crippen LogP) is 6.18. The second-order valence-corrected chi connectivity index (χ2v) is 7.45. The molecule has 27 heavy (non-hydrogen) atoms. The molecule has 132 valence electrons. The first kappa shape index (κ1) is 17.7. The highest BCUT2D eigenvalue weighted by Crippen LogP contribution is 2.48. The van der Waals surface area contributed by atoms with Crippen molar-refractivity contribution < 1.29 is 4.39 Å². The molecule has 0 unspecified atom stereocenters. The lowest BCUT2D eigenvalue weighted by Gasteiger charge is -2.07. The maximum absolute atomic E-state index is 13.7. The molecule has 1 aromatic carbocycles. The van der Waals surface area contributed by atoms with E-state index in [4.69, 9.17) is 23.2 Å². The van der Waals surface area contributed by atoms with Gasteiger partial charge in [-0.1, -0.05) is 29.3 Å². The fraction of sp³-hybridized carbons (Fsp3) is 0. The standard InChI is InChI=1S/C19H9Cl2FN4S/c20-11-1-2-12(14(21)8-11)17-13(9-23)18(10-3-5-24-16(22)7-10)27-19(17)15-4-6-25-26-15/h1-8H,(H,25,26). The number of H-pyrrole nitrogens is 1. The molecule has 3 heterocycles. The van der Waals surface area contributed by atoms with Crippen LogP contribution in [0.15, 0.2) is 48.8 Å². The number of thiophene rings is 1. The van der Waals surface area contributed by atoms with Crippen molar-refractivity contribution in [2.24, 2.45) is 0 Å². The van der Waals surface area contributed by atoms with E-state index in [1.54, 1.807) is 36.5 Å². The number of benzene rings is 1. The van der Waals surface area contributed by atoms with Crippen LogP contribution in [-0.2, 0) is 0 Å². The van der Waals surface area contributed by atoms with E-state index in [0.717, 1.165) is 10.6 Å². The number of aromatic nitrogens is 3. The van der Waals surface area contributed by atoms with Gasteiger partial charge in [0, 0.05) is 39.6 Å². The lowest BCUT2D eigenvalue weighted by atomic mass is 9.98. The summed E-state index contributed by atoms with van der Waals surface area (Å²) in [6.45, 7) is 0. The molecule has 4 nitrogen and oxygen atoms in total. The topological polar surface area (TPSA) is 65.4 Å². The first-order valence-corrected chi connectivity index (χ1v) is 9.29. The van der Waals surface area contributed by atoms with Crippen LogP contribution in [-0.4, -0.2) is 15.2 Å². The fourth-order valence-corrected chi connectivity index (χ4v) is 4.55. The maximum atomic E-state index is 13.7. The normalized spacial score (nSPS) is 10.7. The van der Waals surface area contributed by atoms with Crippen LogP contribution in [0.25, 0.3) is 32.1 Å². The van der Waals surface area contributed by atoms with Gasteiger partial charge < -0.3 is 0 Å². The molecular weight excluding hydrogens is 406 g/mol. The van der Waals surface area contributed by atoms with E-state index in [9.17, 15) is 9.65 Å². The Morgan fingerprint density at radius 2 is 1.93 bits per heavy atom. The zero-order valence-corrected chi connectivity index (χ0v) is 15.8. The highest BCUT2D eigenvalue weighted by Gasteiger charge is 2.24. The summed E-state index contributed by atoms with van der Waals surface area (Å²) < 4.78 is 13.7. The van der Waals surface area contributed by atoms with Crippen LogP contribution in [0.4, 0.5) is 4.39 Å². The molecule has 0 radical (unpaired) electrons. The number of nitrogens with zero attached hydrogens (tertiary/aromatic N) is 3. The smallest absolute Gasteiger partial charge is 0.213 e. The van der Waals surface area contributed by atoms with Crippen molar-refractivity contribution in [3.63, 3.8) is 0 Å². The van der Waals surface area contributed by atoms with Gasteiger partial charge in [-0.3, -0.25) is 5.10 Å². The Bertz CT molecular complexity index is 1180. The van der Waals surface area contributed by atoms with E-state index >= 15 is 0 Å². The maximum Gasteiger partial charge on any atom is 0.213 e. The summed E-state index contributed by atoms with van der Waals surface area (Å²) in [7, 11) is 0. The van der Waals surface area contributed by atoms with Crippen molar-refractivity contribution in [1.82, 2.24) is 15.2 Å². The Labute approximate surface area is 167 Å². The van der Waals surface area contributed by atoms with Gasteiger partial charge in [0.05, 0.1) is 21.0 Å². The number of aromatic amines is 1. The Kier molecular flexibility index (Phi) is 4.66. The molecule has 0 saturated heterocycles. The Hall–Kier alpha value is -2.72. The van der Waals surface area contributed by atoms with Crippen LogP contribution in [0.2, 0.25) is 10.0 Å². The third-order valence-corrected chi connectivity index (χ3v) is 5.77. The highest BCUT2D eigenvalue weighted by atomic mass is 35.5. The Balaban J connectivity index is 2.06. The lowest BCUT2D eigenvalue weighted by molar-refractivity contribution is 0.584. The van der Waals surface area contributed by atoms with E-state index in [1.165, 1.54) is 23.6 Å². The molecule has 8 heteroatoms. The molecule has 0 amide bonds. The summed E-state index contributed by atoms with van der Waals surface area (Å²) in [5.74, 6) is -0.612. The van der Waals surface area contributed by atoms with Gasteiger partial charge in [-0.15, -0.1) is 11.3 Å². The summed E-state index contributed by atoms with van der Waals surface area (Å²) >= 11 is 13.8. The van der Waals surface area contributed by atoms with Crippen molar-refractivity contribution >= 4 is 34.5 Å². The van der Waals surface area contributed by atoms with Gasteiger partial charge in [-0.05, 0) is 29.8 Å². The predicted molar refractivity (Wildman–Crippen MR) is 105 cm³/mol. The number of nitrogens with one attached hydrogen (secondary N) is 1. The van der Waals surface area contributed by atoms with Gasteiger partial charge in [0.25, 0.3) is 0 Å². The minimum Gasteiger partial charge on any atom is -0.277 e. The number of halogens is 3. The Morgan fingerprint density at radius 3 is 2.59 bits per heavy atom. The number of pyridine rings is 1. The van der Waals surface area contributed by atoms with Crippen LogP contribution >= 0.6 is 34.5 Å². The first-order chi connectivity index (χ1) is 13.1. The zero-order valence-electron chi connectivity index (χ0n) is 13.5. The van der Waals surface area contributed by atoms with Crippen LogP contribution in [0.5, 0.6) is 0 Å². The molecule has 1 N–H and O–H groups in total. The van der Waals surface area contributed by atoms with Crippen molar-refractivity contribution in [3.8, 4) is 38.2 Å².